The highest BCUT2D eigenvalue weighted by molar-refractivity contribution is 7.99. The average molecular weight is 476 g/mol. The Hall–Kier alpha value is -3.66. The van der Waals surface area contributed by atoms with Crippen LogP contribution in [0.4, 0.5) is 5.82 Å². The van der Waals surface area contributed by atoms with Gasteiger partial charge in [0.15, 0.2) is 17.0 Å². The number of hydrogen-bond donors (Lipinski definition) is 0. The minimum atomic E-state index is 0.0782. The molecule has 34 heavy (non-hydrogen) atoms. The molecule has 5 rings (SSSR count). The van der Waals surface area contributed by atoms with Gasteiger partial charge < -0.3 is 14.5 Å². The predicted molar refractivity (Wildman–Crippen MR) is 132 cm³/mol. The largest absolute Gasteiger partial charge is 0.497 e. The standard InChI is InChI=1S/C24H25N7O2S/c1-3-34-20-7-5-4-6-19(20)24(32)30-14-12-29(13-15-30)22-21-23(26-16-25-22)31(28-27-21)17-8-10-18(33-2)11-9-17/h4-11,16H,3,12-15H2,1-2H3. The van der Waals surface area contributed by atoms with Crippen molar-refractivity contribution in [3.8, 4) is 11.4 Å². The number of ether oxygens (including phenoxy) is 1. The van der Waals surface area contributed by atoms with Crippen molar-refractivity contribution < 1.29 is 9.53 Å². The zero-order chi connectivity index (χ0) is 23.5. The fourth-order valence-electron chi connectivity index (χ4n) is 4.08. The van der Waals surface area contributed by atoms with E-state index in [0.29, 0.717) is 37.3 Å². The topological polar surface area (TPSA) is 89.3 Å². The molecular formula is C24H25N7O2S. The zero-order valence-electron chi connectivity index (χ0n) is 19.1. The molecule has 2 aromatic heterocycles. The Kier molecular flexibility index (Phi) is 6.31. The fraction of sp³-hybridized carbons (Fsp3) is 0.292. The molecule has 0 unspecified atom stereocenters. The SMILES string of the molecule is CCSc1ccccc1C(=O)N1CCN(c2ncnc3c2nnn3-c2ccc(OC)cc2)CC1. The lowest BCUT2D eigenvalue weighted by atomic mass is 10.2. The molecule has 9 nitrogen and oxygen atoms in total. The number of piperazine rings is 1. The molecule has 0 bridgehead atoms. The normalized spacial score (nSPS) is 13.9. The highest BCUT2D eigenvalue weighted by Crippen LogP contribution is 2.26. The van der Waals surface area contributed by atoms with Crippen molar-refractivity contribution >= 4 is 34.7 Å². The van der Waals surface area contributed by atoms with Crippen LogP contribution in [-0.2, 0) is 0 Å². The van der Waals surface area contributed by atoms with E-state index in [0.717, 1.165) is 33.5 Å². The number of anilines is 1. The summed E-state index contributed by atoms with van der Waals surface area (Å²) in [5.74, 6) is 2.51. The Labute approximate surface area is 201 Å². The highest BCUT2D eigenvalue weighted by atomic mass is 32.2. The van der Waals surface area contributed by atoms with Gasteiger partial charge in [-0.15, -0.1) is 16.9 Å². The van der Waals surface area contributed by atoms with Crippen molar-refractivity contribution in [1.82, 2.24) is 29.9 Å². The van der Waals surface area contributed by atoms with E-state index in [4.69, 9.17) is 4.74 Å². The van der Waals surface area contributed by atoms with Crippen molar-refractivity contribution in [2.24, 2.45) is 0 Å². The summed E-state index contributed by atoms with van der Waals surface area (Å²) in [5.41, 5.74) is 2.89. The summed E-state index contributed by atoms with van der Waals surface area (Å²) in [5, 5.41) is 8.69. The molecule has 174 valence electrons. The molecule has 0 saturated carbocycles. The maximum absolute atomic E-state index is 13.2. The van der Waals surface area contributed by atoms with E-state index < -0.39 is 0 Å². The van der Waals surface area contributed by atoms with E-state index in [1.165, 1.54) is 6.33 Å². The fourth-order valence-corrected chi connectivity index (χ4v) is 4.88. The first kappa shape index (κ1) is 22.1. The van der Waals surface area contributed by atoms with E-state index in [1.54, 1.807) is 23.6 Å². The number of hydrogen-bond acceptors (Lipinski definition) is 8. The first-order valence-electron chi connectivity index (χ1n) is 11.2. The van der Waals surface area contributed by atoms with Crippen molar-refractivity contribution in [2.45, 2.75) is 11.8 Å². The molecule has 1 aliphatic heterocycles. The van der Waals surface area contributed by atoms with E-state index in [9.17, 15) is 4.79 Å². The van der Waals surface area contributed by atoms with Crippen LogP contribution in [0.5, 0.6) is 5.75 Å². The van der Waals surface area contributed by atoms with Crippen molar-refractivity contribution in [3.05, 3.63) is 60.4 Å². The Morgan fingerprint density at radius 1 is 1.03 bits per heavy atom. The Morgan fingerprint density at radius 3 is 2.53 bits per heavy atom. The molecule has 3 heterocycles. The number of rotatable bonds is 6. The number of nitrogens with zero attached hydrogens (tertiary/aromatic N) is 7. The summed E-state index contributed by atoms with van der Waals surface area (Å²) in [6, 6.07) is 15.4. The molecule has 10 heteroatoms. The molecule has 0 atom stereocenters. The first-order chi connectivity index (χ1) is 16.7. The number of methoxy groups -OCH3 is 1. The van der Waals surface area contributed by atoms with Crippen molar-refractivity contribution in [1.29, 1.82) is 0 Å². The number of carbonyl (C=O) groups excluding carboxylic acids is 1. The third-order valence-corrected chi connectivity index (χ3v) is 6.77. The van der Waals surface area contributed by atoms with Gasteiger partial charge in [-0.1, -0.05) is 24.3 Å². The van der Waals surface area contributed by atoms with Gasteiger partial charge in [0, 0.05) is 31.1 Å². The zero-order valence-corrected chi connectivity index (χ0v) is 19.9. The summed E-state index contributed by atoms with van der Waals surface area (Å²) in [6.45, 7) is 4.65. The van der Waals surface area contributed by atoms with Crippen LogP contribution in [-0.4, -0.2) is 74.8 Å². The second-order valence-electron chi connectivity index (χ2n) is 7.78. The third kappa shape index (κ3) is 4.16. The number of thioether (sulfide) groups is 1. The van der Waals surface area contributed by atoms with Gasteiger partial charge in [0.2, 0.25) is 0 Å². The van der Waals surface area contributed by atoms with E-state index in [-0.39, 0.29) is 5.91 Å². The van der Waals surface area contributed by atoms with Gasteiger partial charge in [-0.3, -0.25) is 4.79 Å². The molecule has 0 spiro atoms. The molecule has 0 aliphatic carbocycles. The number of carbonyl (C=O) groups is 1. The molecule has 1 fully saturated rings. The molecule has 1 amide bonds. The molecule has 4 aromatic rings. The van der Waals surface area contributed by atoms with Crippen LogP contribution in [0.15, 0.2) is 59.8 Å². The van der Waals surface area contributed by atoms with Crippen LogP contribution in [0.1, 0.15) is 17.3 Å². The van der Waals surface area contributed by atoms with Crippen molar-refractivity contribution in [3.63, 3.8) is 0 Å². The lowest BCUT2D eigenvalue weighted by molar-refractivity contribution is 0.0743. The van der Waals surface area contributed by atoms with Gasteiger partial charge in [-0.2, -0.15) is 4.68 Å². The van der Waals surface area contributed by atoms with Crippen LogP contribution in [0, 0.1) is 0 Å². The first-order valence-corrected chi connectivity index (χ1v) is 12.1. The smallest absolute Gasteiger partial charge is 0.255 e. The second-order valence-corrected chi connectivity index (χ2v) is 9.08. The molecule has 1 saturated heterocycles. The lowest BCUT2D eigenvalue weighted by Gasteiger charge is -2.35. The van der Waals surface area contributed by atoms with Crippen LogP contribution in [0.2, 0.25) is 0 Å². The summed E-state index contributed by atoms with van der Waals surface area (Å²) in [4.78, 5) is 27.2. The minimum absolute atomic E-state index is 0.0782. The maximum Gasteiger partial charge on any atom is 0.255 e. The van der Waals surface area contributed by atoms with Gasteiger partial charge in [0.1, 0.15) is 12.1 Å². The van der Waals surface area contributed by atoms with Gasteiger partial charge >= 0.3 is 0 Å². The van der Waals surface area contributed by atoms with Crippen molar-refractivity contribution in [2.75, 3.05) is 43.9 Å². The second kappa shape index (κ2) is 9.68. The van der Waals surface area contributed by atoms with Crippen LogP contribution in [0.3, 0.4) is 0 Å². The summed E-state index contributed by atoms with van der Waals surface area (Å²) in [7, 11) is 1.63. The summed E-state index contributed by atoms with van der Waals surface area (Å²) in [6.07, 6.45) is 1.54. The highest BCUT2D eigenvalue weighted by Gasteiger charge is 2.26. The van der Waals surface area contributed by atoms with Crippen LogP contribution >= 0.6 is 11.8 Å². The van der Waals surface area contributed by atoms with Gasteiger partial charge in [0.25, 0.3) is 5.91 Å². The third-order valence-electron chi connectivity index (χ3n) is 5.82. The molecular weight excluding hydrogens is 450 g/mol. The Morgan fingerprint density at radius 2 is 1.79 bits per heavy atom. The average Bonchev–Trinajstić information content (AvgIpc) is 3.33. The Bertz CT molecular complexity index is 1300. The van der Waals surface area contributed by atoms with E-state index >= 15 is 0 Å². The van der Waals surface area contributed by atoms with E-state index in [1.807, 2.05) is 53.4 Å². The van der Waals surface area contributed by atoms with E-state index in [2.05, 4.69) is 32.1 Å². The lowest BCUT2D eigenvalue weighted by Crippen LogP contribution is -2.49. The predicted octanol–water partition coefficient (Wildman–Crippen LogP) is 3.29. The molecule has 0 N–H and O–H groups in total. The molecule has 2 aromatic carbocycles. The maximum atomic E-state index is 13.2. The number of fused-ring (bicyclic) bond motifs is 1. The Balaban J connectivity index is 1.34. The summed E-state index contributed by atoms with van der Waals surface area (Å²) >= 11 is 1.70. The number of amides is 1. The van der Waals surface area contributed by atoms with Gasteiger partial charge in [0.05, 0.1) is 18.4 Å². The quantitative estimate of drug-likeness (QED) is 0.393. The molecule has 1 aliphatic rings. The van der Waals surface area contributed by atoms with Gasteiger partial charge in [-0.25, -0.2) is 9.97 Å². The van der Waals surface area contributed by atoms with Gasteiger partial charge in [-0.05, 0) is 42.2 Å². The summed E-state index contributed by atoms with van der Waals surface area (Å²) < 4.78 is 6.93. The number of aromatic nitrogens is 5. The van der Waals surface area contributed by atoms with Crippen LogP contribution in [0.25, 0.3) is 16.9 Å². The monoisotopic (exact) mass is 475 g/mol. The van der Waals surface area contributed by atoms with Crippen LogP contribution < -0.4 is 9.64 Å². The minimum Gasteiger partial charge on any atom is -0.497 e. The number of benzene rings is 2. The molecule has 0 radical (unpaired) electrons.